The van der Waals surface area contributed by atoms with E-state index in [0.29, 0.717) is 6.07 Å². The number of halogens is 3. The van der Waals surface area contributed by atoms with E-state index in [1.165, 1.54) is 0 Å². The van der Waals surface area contributed by atoms with Crippen LogP contribution in [0.25, 0.3) is 0 Å². The molecule has 7 nitrogen and oxygen atoms in total. The summed E-state index contributed by atoms with van der Waals surface area (Å²) in [6.45, 7) is 0. The number of rotatable bonds is 3. The number of alkyl halides is 3. The highest BCUT2D eigenvalue weighted by atomic mass is 32.2. The number of nitrogens with zero attached hydrogens (tertiary/aromatic N) is 1. The molecule has 0 atom stereocenters. The first-order chi connectivity index (χ1) is 8.04. The van der Waals surface area contributed by atoms with Crippen molar-refractivity contribution in [2.75, 3.05) is 7.11 Å². The first kappa shape index (κ1) is 14.3. The van der Waals surface area contributed by atoms with Crippen LogP contribution in [-0.2, 0) is 10.0 Å². The van der Waals surface area contributed by atoms with Crippen LogP contribution in [0.5, 0.6) is 17.4 Å². The summed E-state index contributed by atoms with van der Waals surface area (Å²) in [4.78, 5) is 2.95. The molecule has 0 fully saturated rings. The van der Waals surface area contributed by atoms with Crippen LogP contribution in [0.15, 0.2) is 11.1 Å². The molecule has 11 heteroatoms. The highest BCUT2D eigenvalue weighted by molar-refractivity contribution is 7.89. The Morgan fingerprint density at radius 2 is 2.00 bits per heavy atom. The van der Waals surface area contributed by atoms with Crippen LogP contribution in [0.4, 0.5) is 13.2 Å². The van der Waals surface area contributed by atoms with E-state index >= 15 is 0 Å². The van der Waals surface area contributed by atoms with E-state index in [0.717, 1.165) is 7.11 Å². The van der Waals surface area contributed by atoms with E-state index in [9.17, 15) is 26.7 Å². The Morgan fingerprint density at radius 3 is 2.39 bits per heavy atom. The van der Waals surface area contributed by atoms with Crippen molar-refractivity contribution in [3.63, 3.8) is 0 Å². The fourth-order valence-corrected chi connectivity index (χ4v) is 1.58. The first-order valence-electron chi connectivity index (χ1n) is 4.11. The van der Waals surface area contributed by atoms with E-state index in [-0.39, 0.29) is 0 Å². The lowest BCUT2D eigenvalue weighted by atomic mass is 10.4. The summed E-state index contributed by atoms with van der Waals surface area (Å²) in [6.07, 6.45) is -5.08. The minimum atomic E-state index is -5.08. The lowest BCUT2D eigenvalue weighted by Crippen LogP contribution is -2.20. The number of hydrogen-bond donors (Lipinski definition) is 2. The molecule has 1 aromatic heterocycles. The fraction of sp³-hybridized carbons (Fsp3) is 0.286. The van der Waals surface area contributed by atoms with E-state index in [1.807, 2.05) is 0 Å². The highest BCUT2D eigenvalue weighted by Gasteiger charge is 2.33. The predicted molar refractivity (Wildman–Crippen MR) is 50.5 cm³/mol. The molecule has 0 saturated heterocycles. The molecule has 0 saturated carbocycles. The summed E-state index contributed by atoms with van der Waals surface area (Å²) in [5, 5.41) is 12.9. The Balaban J connectivity index is 3.41. The van der Waals surface area contributed by atoms with Crippen LogP contribution in [-0.4, -0.2) is 32.0 Å². The van der Waals surface area contributed by atoms with Gasteiger partial charge in [-0.3, -0.25) is 0 Å². The molecule has 0 unspecified atom stereocenters. The van der Waals surface area contributed by atoms with Crippen LogP contribution < -0.4 is 14.6 Å². The van der Waals surface area contributed by atoms with Crippen LogP contribution in [0.1, 0.15) is 0 Å². The zero-order chi connectivity index (χ0) is 14.1. The van der Waals surface area contributed by atoms with E-state index < -0.39 is 38.8 Å². The normalized spacial score (nSPS) is 12.3. The number of aromatic hydroxyl groups is 1. The minimum absolute atomic E-state index is 0.567. The van der Waals surface area contributed by atoms with Crippen molar-refractivity contribution in [2.45, 2.75) is 11.4 Å². The van der Waals surface area contributed by atoms with Gasteiger partial charge in [0.05, 0.1) is 7.11 Å². The van der Waals surface area contributed by atoms with Crippen molar-refractivity contribution in [1.82, 2.24) is 4.98 Å². The Labute approximate surface area is 99.0 Å². The summed E-state index contributed by atoms with van der Waals surface area (Å²) >= 11 is 0. The molecule has 1 rings (SSSR count). The largest absolute Gasteiger partial charge is 0.574 e. The maximum atomic E-state index is 12.0. The van der Waals surface area contributed by atoms with Gasteiger partial charge in [-0.15, -0.1) is 13.2 Å². The van der Waals surface area contributed by atoms with Gasteiger partial charge in [-0.05, 0) is 0 Å². The molecule has 1 heterocycles. The Kier molecular flexibility index (Phi) is 3.57. The average molecular weight is 288 g/mol. The Morgan fingerprint density at radius 1 is 1.44 bits per heavy atom. The molecule has 18 heavy (non-hydrogen) atoms. The Hall–Kier alpha value is -1.75. The van der Waals surface area contributed by atoms with Gasteiger partial charge in [-0.2, -0.15) is 4.98 Å². The van der Waals surface area contributed by atoms with Crippen molar-refractivity contribution >= 4 is 10.0 Å². The van der Waals surface area contributed by atoms with Crippen LogP contribution in [0.3, 0.4) is 0 Å². The van der Waals surface area contributed by atoms with Crippen molar-refractivity contribution in [2.24, 2.45) is 5.14 Å². The van der Waals surface area contributed by atoms with Gasteiger partial charge in [0.15, 0.2) is 11.5 Å². The number of primary sulfonamides is 1. The molecule has 3 N–H and O–H groups in total. The summed E-state index contributed by atoms with van der Waals surface area (Å²) in [7, 11) is -3.53. The van der Waals surface area contributed by atoms with Crippen LogP contribution >= 0.6 is 0 Å². The van der Waals surface area contributed by atoms with E-state index in [2.05, 4.69) is 19.6 Å². The third-order valence-corrected chi connectivity index (χ3v) is 2.44. The zero-order valence-corrected chi connectivity index (χ0v) is 9.54. The second-order valence-electron chi connectivity index (χ2n) is 2.91. The van der Waals surface area contributed by atoms with Gasteiger partial charge >= 0.3 is 6.36 Å². The molecule has 0 aromatic carbocycles. The van der Waals surface area contributed by atoms with E-state index in [4.69, 9.17) is 0 Å². The molecule has 0 aliphatic rings. The number of aromatic nitrogens is 1. The second kappa shape index (κ2) is 4.49. The molecule has 0 bridgehead atoms. The smallest absolute Gasteiger partial charge is 0.502 e. The highest BCUT2D eigenvalue weighted by Crippen LogP contribution is 2.35. The maximum Gasteiger partial charge on any atom is 0.574 e. The van der Waals surface area contributed by atoms with Crippen LogP contribution in [0, 0.1) is 0 Å². The maximum absolute atomic E-state index is 12.0. The third kappa shape index (κ3) is 3.37. The van der Waals surface area contributed by atoms with Gasteiger partial charge in [0.25, 0.3) is 10.0 Å². The topological polar surface area (TPSA) is 112 Å². The molecule has 0 aliphatic heterocycles. The standard InChI is InChI=1S/C7H7F3N2O5S/c1-16-3-2-4(17-7(8,9)10)12-6(5(3)13)18(11,14)15/h2,13H,1H3,(H2,11,14,15). The third-order valence-electron chi connectivity index (χ3n) is 1.61. The van der Waals surface area contributed by atoms with Crippen molar-refractivity contribution in [1.29, 1.82) is 0 Å². The summed E-state index contributed by atoms with van der Waals surface area (Å²) in [5.41, 5.74) is 0. The molecule has 0 amide bonds. The van der Waals surface area contributed by atoms with Gasteiger partial charge in [0.2, 0.25) is 10.9 Å². The molecule has 1 aromatic rings. The van der Waals surface area contributed by atoms with Gasteiger partial charge in [0, 0.05) is 6.07 Å². The molecule has 102 valence electrons. The lowest BCUT2D eigenvalue weighted by Gasteiger charge is -2.12. The van der Waals surface area contributed by atoms with Gasteiger partial charge in [-0.25, -0.2) is 13.6 Å². The van der Waals surface area contributed by atoms with Gasteiger partial charge in [-0.1, -0.05) is 0 Å². The zero-order valence-electron chi connectivity index (χ0n) is 8.72. The van der Waals surface area contributed by atoms with E-state index in [1.54, 1.807) is 0 Å². The number of sulfonamides is 1. The molecule has 0 spiro atoms. The van der Waals surface area contributed by atoms with Gasteiger partial charge < -0.3 is 14.6 Å². The fourth-order valence-electron chi connectivity index (χ4n) is 0.996. The number of pyridine rings is 1. The summed E-state index contributed by atoms with van der Waals surface area (Å²) < 4.78 is 65.8. The summed E-state index contributed by atoms with van der Waals surface area (Å²) in [5.74, 6) is -2.70. The Bertz CT molecular complexity index is 557. The van der Waals surface area contributed by atoms with Crippen molar-refractivity contribution in [3.05, 3.63) is 6.07 Å². The quantitative estimate of drug-likeness (QED) is 0.829. The van der Waals surface area contributed by atoms with Crippen LogP contribution in [0.2, 0.25) is 0 Å². The van der Waals surface area contributed by atoms with Crippen molar-refractivity contribution in [3.8, 4) is 17.4 Å². The number of hydrogen-bond acceptors (Lipinski definition) is 6. The van der Waals surface area contributed by atoms with Crippen molar-refractivity contribution < 1.29 is 36.2 Å². The molecule has 0 radical (unpaired) electrons. The molecule has 0 aliphatic carbocycles. The summed E-state index contributed by atoms with van der Waals surface area (Å²) in [6, 6.07) is 0.567. The molecular formula is C7H7F3N2O5S. The molecular weight excluding hydrogens is 281 g/mol. The monoisotopic (exact) mass is 288 g/mol. The number of methoxy groups -OCH3 is 1. The SMILES string of the molecule is COc1cc(OC(F)(F)F)nc(S(N)(=O)=O)c1O. The predicted octanol–water partition coefficient (Wildman–Crippen LogP) is 0.342. The van der Waals surface area contributed by atoms with Gasteiger partial charge in [0.1, 0.15) is 0 Å². The minimum Gasteiger partial charge on any atom is -0.502 e. The number of nitrogens with two attached hydrogens (primary N) is 1. The first-order valence-corrected chi connectivity index (χ1v) is 5.66. The average Bonchev–Trinajstić information content (AvgIpc) is 2.16. The second-order valence-corrected chi connectivity index (χ2v) is 4.39. The number of ether oxygens (including phenoxy) is 2. The lowest BCUT2D eigenvalue weighted by molar-refractivity contribution is -0.276.